The van der Waals surface area contributed by atoms with E-state index in [0.717, 1.165) is 0 Å². The van der Waals surface area contributed by atoms with Crippen molar-refractivity contribution in [3.05, 3.63) is 39.9 Å². The SMILES string of the molecule is Nc1nc(/N=C/c2ccc([N+](=O)[O-])cc2)n[nH]1. The third-order valence-electron chi connectivity index (χ3n) is 1.92. The number of hydrogen-bond donors (Lipinski definition) is 2. The fourth-order valence-electron chi connectivity index (χ4n) is 1.14. The number of nitrogens with zero attached hydrogens (tertiary/aromatic N) is 4. The molecular formula is C9H8N6O2. The van der Waals surface area contributed by atoms with E-state index in [2.05, 4.69) is 20.2 Å². The molecule has 1 aromatic carbocycles. The highest BCUT2D eigenvalue weighted by Gasteiger charge is 2.02. The molecule has 0 atom stereocenters. The maximum atomic E-state index is 10.4. The van der Waals surface area contributed by atoms with Gasteiger partial charge in [0, 0.05) is 18.3 Å². The molecule has 0 aliphatic carbocycles. The molecule has 1 heterocycles. The minimum Gasteiger partial charge on any atom is -0.368 e. The molecule has 0 saturated heterocycles. The maximum absolute atomic E-state index is 10.4. The van der Waals surface area contributed by atoms with Gasteiger partial charge in [0.1, 0.15) is 0 Å². The number of anilines is 1. The van der Waals surface area contributed by atoms with Crippen molar-refractivity contribution in [2.75, 3.05) is 5.73 Å². The molecule has 0 spiro atoms. The van der Waals surface area contributed by atoms with Crippen LogP contribution in [-0.4, -0.2) is 26.3 Å². The summed E-state index contributed by atoms with van der Waals surface area (Å²) in [7, 11) is 0. The molecule has 0 unspecified atom stereocenters. The number of non-ortho nitro benzene ring substituents is 1. The van der Waals surface area contributed by atoms with Gasteiger partial charge in [-0.2, -0.15) is 4.98 Å². The summed E-state index contributed by atoms with van der Waals surface area (Å²) in [5, 5.41) is 16.6. The van der Waals surface area contributed by atoms with Crippen LogP contribution in [0.3, 0.4) is 0 Å². The number of nitro benzene ring substituents is 1. The first kappa shape index (κ1) is 10.7. The Labute approximate surface area is 95.4 Å². The van der Waals surface area contributed by atoms with Gasteiger partial charge >= 0.3 is 0 Å². The Morgan fingerprint density at radius 3 is 2.65 bits per heavy atom. The second kappa shape index (κ2) is 4.39. The first-order valence-electron chi connectivity index (χ1n) is 4.61. The van der Waals surface area contributed by atoms with Crippen molar-refractivity contribution in [3.63, 3.8) is 0 Å². The van der Waals surface area contributed by atoms with Crippen molar-refractivity contribution in [1.29, 1.82) is 0 Å². The van der Waals surface area contributed by atoms with Crippen LogP contribution in [0.25, 0.3) is 0 Å². The van der Waals surface area contributed by atoms with Gasteiger partial charge in [0.25, 0.3) is 11.6 Å². The Balaban J connectivity index is 2.13. The van der Waals surface area contributed by atoms with Crippen LogP contribution >= 0.6 is 0 Å². The predicted molar refractivity (Wildman–Crippen MR) is 61.1 cm³/mol. The van der Waals surface area contributed by atoms with Gasteiger partial charge in [0.15, 0.2) is 0 Å². The number of aromatic nitrogens is 3. The first-order chi connectivity index (χ1) is 8.15. The largest absolute Gasteiger partial charge is 0.368 e. The molecule has 2 rings (SSSR count). The third-order valence-corrected chi connectivity index (χ3v) is 1.92. The molecule has 0 aliphatic heterocycles. The smallest absolute Gasteiger partial charge is 0.269 e. The summed E-state index contributed by atoms with van der Waals surface area (Å²) in [6.45, 7) is 0. The van der Waals surface area contributed by atoms with E-state index in [1.54, 1.807) is 12.1 Å². The second-order valence-corrected chi connectivity index (χ2v) is 3.13. The average Bonchev–Trinajstić information content (AvgIpc) is 2.73. The summed E-state index contributed by atoms with van der Waals surface area (Å²) in [6.07, 6.45) is 1.49. The molecule has 0 bridgehead atoms. The van der Waals surface area contributed by atoms with Crippen LogP contribution < -0.4 is 5.73 Å². The van der Waals surface area contributed by atoms with Crippen molar-refractivity contribution < 1.29 is 4.92 Å². The van der Waals surface area contributed by atoms with Gasteiger partial charge in [0.2, 0.25) is 5.95 Å². The van der Waals surface area contributed by atoms with E-state index in [1.165, 1.54) is 18.3 Å². The van der Waals surface area contributed by atoms with Gasteiger partial charge in [-0.15, -0.1) is 5.10 Å². The highest BCUT2D eigenvalue weighted by Crippen LogP contribution is 2.11. The fraction of sp³-hybridized carbons (Fsp3) is 0. The second-order valence-electron chi connectivity index (χ2n) is 3.13. The number of rotatable bonds is 3. The summed E-state index contributed by atoms with van der Waals surface area (Å²) >= 11 is 0. The molecule has 0 saturated carbocycles. The number of hydrogen-bond acceptors (Lipinski definition) is 6. The van der Waals surface area contributed by atoms with Gasteiger partial charge in [-0.25, -0.2) is 10.1 Å². The molecule has 8 heteroatoms. The lowest BCUT2D eigenvalue weighted by Crippen LogP contribution is -1.88. The van der Waals surface area contributed by atoms with E-state index in [-0.39, 0.29) is 17.6 Å². The number of benzene rings is 1. The number of nitro groups is 1. The van der Waals surface area contributed by atoms with E-state index >= 15 is 0 Å². The molecule has 0 radical (unpaired) electrons. The molecule has 0 aliphatic rings. The van der Waals surface area contributed by atoms with Gasteiger partial charge in [-0.3, -0.25) is 10.1 Å². The summed E-state index contributed by atoms with van der Waals surface area (Å²) in [4.78, 5) is 17.7. The van der Waals surface area contributed by atoms with E-state index < -0.39 is 4.92 Å². The Kier molecular flexibility index (Phi) is 2.77. The van der Waals surface area contributed by atoms with Gasteiger partial charge in [-0.1, -0.05) is 0 Å². The highest BCUT2D eigenvalue weighted by atomic mass is 16.6. The lowest BCUT2D eigenvalue weighted by Gasteiger charge is -1.92. The molecule has 3 N–H and O–H groups in total. The fourth-order valence-corrected chi connectivity index (χ4v) is 1.14. The normalized spacial score (nSPS) is 10.8. The number of nitrogen functional groups attached to an aromatic ring is 1. The van der Waals surface area contributed by atoms with Crippen LogP contribution in [0.4, 0.5) is 17.6 Å². The third kappa shape index (κ3) is 2.62. The van der Waals surface area contributed by atoms with Crippen molar-refractivity contribution in [2.24, 2.45) is 4.99 Å². The first-order valence-corrected chi connectivity index (χ1v) is 4.61. The van der Waals surface area contributed by atoms with Gasteiger partial charge in [-0.05, 0) is 17.7 Å². The zero-order valence-corrected chi connectivity index (χ0v) is 8.57. The van der Waals surface area contributed by atoms with Crippen LogP contribution in [0.2, 0.25) is 0 Å². The zero-order valence-electron chi connectivity index (χ0n) is 8.57. The standard InChI is InChI=1S/C9H8N6O2/c10-8-12-9(14-13-8)11-5-6-1-3-7(4-2-6)15(16)17/h1-5H,(H3,10,12,13,14)/b11-5+. The monoisotopic (exact) mass is 232 g/mol. The Bertz CT molecular complexity index is 559. The number of aromatic amines is 1. The Hall–Kier alpha value is -2.77. The lowest BCUT2D eigenvalue weighted by atomic mass is 10.2. The topological polar surface area (TPSA) is 123 Å². The number of nitrogens with one attached hydrogen (secondary N) is 1. The van der Waals surface area contributed by atoms with Crippen LogP contribution in [-0.2, 0) is 0 Å². The highest BCUT2D eigenvalue weighted by molar-refractivity contribution is 5.81. The van der Waals surface area contributed by atoms with Gasteiger partial charge < -0.3 is 5.73 Å². The molecule has 0 amide bonds. The maximum Gasteiger partial charge on any atom is 0.269 e. The Morgan fingerprint density at radius 1 is 1.41 bits per heavy atom. The van der Waals surface area contributed by atoms with Crippen LogP contribution in [0, 0.1) is 10.1 Å². The number of nitrogens with two attached hydrogens (primary N) is 1. The summed E-state index contributed by atoms with van der Waals surface area (Å²) in [5.74, 6) is 0.390. The number of aliphatic imine (C=N–C) groups is 1. The summed E-state index contributed by atoms with van der Waals surface area (Å²) < 4.78 is 0. The quantitative estimate of drug-likeness (QED) is 0.465. The molecule has 2 aromatic rings. The van der Waals surface area contributed by atoms with E-state index in [0.29, 0.717) is 5.56 Å². The van der Waals surface area contributed by atoms with E-state index in [9.17, 15) is 10.1 Å². The molecule has 1 aromatic heterocycles. The summed E-state index contributed by atoms with van der Waals surface area (Å²) in [5.41, 5.74) is 6.06. The number of H-pyrrole nitrogens is 1. The van der Waals surface area contributed by atoms with E-state index in [1.807, 2.05) is 0 Å². The van der Waals surface area contributed by atoms with Crippen molar-refractivity contribution >= 4 is 23.8 Å². The molecule has 8 nitrogen and oxygen atoms in total. The Morgan fingerprint density at radius 2 is 2.12 bits per heavy atom. The van der Waals surface area contributed by atoms with E-state index in [4.69, 9.17) is 5.73 Å². The summed E-state index contributed by atoms with van der Waals surface area (Å²) in [6, 6.07) is 5.96. The lowest BCUT2D eigenvalue weighted by molar-refractivity contribution is -0.384. The van der Waals surface area contributed by atoms with Crippen LogP contribution in [0.1, 0.15) is 5.56 Å². The van der Waals surface area contributed by atoms with Crippen LogP contribution in [0.5, 0.6) is 0 Å². The van der Waals surface area contributed by atoms with Crippen LogP contribution in [0.15, 0.2) is 29.3 Å². The molecule has 17 heavy (non-hydrogen) atoms. The van der Waals surface area contributed by atoms with Crippen molar-refractivity contribution in [2.45, 2.75) is 0 Å². The molecule has 86 valence electrons. The molecule has 0 fully saturated rings. The minimum atomic E-state index is -0.461. The molecular weight excluding hydrogens is 224 g/mol. The van der Waals surface area contributed by atoms with Crippen molar-refractivity contribution in [3.8, 4) is 0 Å². The predicted octanol–water partition coefficient (Wildman–Crippen LogP) is 1.05. The zero-order chi connectivity index (χ0) is 12.3. The van der Waals surface area contributed by atoms with Gasteiger partial charge in [0.05, 0.1) is 4.92 Å². The minimum absolute atomic E-state index is 0.0317. The van der Waals surface area contributed by atoms with Crippen molar-refractivity contribution in [1.82, 2.24) is 15.2 Å². The average molecular weight is 232 g/mol.